The largest absolute Gasteiger partial charge is 0.508 e. The Bertz CT molecular complexity index is 2580. The number of rotatable bonds is 18. The molecule has 0 aromatic heterocycles. The molecule has 0 aliphatic heterocycles. The van der Waals surface area contributed by atoms with Gasteiger partial charge in [0, 0.05) is 28.1 Å². The van der Waals surface area contributed by atoms with Gasteiger partial charge in [0.2, 0.25) is 5.91 Å². The lowest BCUT2D eigenvalue weighted by atomic mass is 10.1. The second-order valence-electron chi connectivity index (χ2n) is 14.1. The minimum Gasteiger partial charge on any atom is -0.508 e. The second-order valence-corrected chi connectivity index (χ2v) is 14.1. The maximum Gasteiger partial charge on any atom is 0.339 e. The molecule has 0 bridgehead atoms. The van der Waals surface area contributed by atoms with Crippen molar-refractivity contribution >= 4 is 64.3 Å². The third-order valence-electron chi connectivity index (χ3n) is 9.67. The van der Waals surface area contributed by atoms with Gasteiger partial charge in [-0.1, -0.05) is 12.1 Å². The molecular weight excluding hydrogens is 829 g/mol. The van der Waals surface area contributed by atoms with Crippen molar-refractivity contribution < 1.29 is 58.7 Å². The molecule has 0 spiro atoms. The van der Waals surface area contributed by atoms with E-state index in [0.717, 1.165) is 11.6 Å². The molecule has 11 N–H and O–H groups in total. The number of phenolic OH excluding ortho intramolecular Hbond substituents is 2. The first-order valence-corrected chi connectivity index (χ1v) is 19.6. The zero-order chi connectivity index (χ0) is 46.5. The van der Waals surface area contributed by atoms with Crippen LogP contribution in [0.1, 0.15) is 73.2 Å². The molecule has 0 radical (unpaired) electrons. The van der Waals surface area contributed by atoms with Crippen molar-refractivity contribution in [2.24, 2.45) is 5.73 Å². The Labute approximate surface area is 366 Å². The SMILES string of the molecule is COc1c(NC(=O)c2ccc(NC(=O)c3ccc(NC(=O)C(CCCCN)NC(=O)c4ccc(NC(=O)C(C)=Cc5ccc(O)cc5)cc4)cc3)c(OC)c2O)ccc(C(=O)O)c1O. The molecule has 0 fully saturated rings. The van der Waals surface area contributed by atoms with Gasteiger partial charge in [0.25, 0.3) is 23.6 Å². The molecule has 5 amide bonds. The van der Waals surface area contributed by atoms with Crippen LogP contribution >= 0.6 is 0 Å². The molecule has 332 valence electrons. The molecule has 0 saturated heterocycles. The number of aromatic hydroxyl groups is 3. The number of unbranched alkanes of at least 4 members (excludes halogenated alkanes) is 1. The molecule has 5 aromatic rings. The number of benzene rings is 5. The van der Waals surface area contributed by atoms with E-state index in [0.29, 0.717) is 36.3 Å². The van der Waals surface area contributed by atoms with E-state index in [1.807, 2.05) is 0 Å². The van der Waals surface area contributed by atoms with E-state index in [9.17, 15) is 49.2 Å². The summed E-state index contributed by atoms with van der Waals surface area (Å²) < 4.78 is 10.4. The van der Waals surface area contributed by atoms with Gasteiger partial charge in [-0.3, -0.25) is 24.0 Å². The van der Waals surface area contributed by atoms with Crippen LogP contribution in [0.5, 0.6) is 28.7 Å². The Hall–Kier alpha value is -8.38. The molecule has 0 aliphatic rings. The van der Waals surface area contributed by atoms with Crippen LogP contribution in [0.15, 0.2) is 103 Å². The summed E-state index contributed by atoms with van der Waals surface area (Å²) in [5.41, 5.74) is 7.16. The maximum absolute atomic E-state index is 13.5. The lowest BCUT2D eigenvalue weighted by Crippen LogP contribution is -2.43. The van der Waals surface area contributed by atoms with Crippen LogP contribution in [0.25, 0.3) is 6.08 Å². The topological polar surface area (TPSA) is 288 Å². The highest BCUT2D eigenvalue weighted by Crippen LogP contribution is 2.40. The fourth-order valence-electron chi connectivity index (χ4n) is 6.25. The molecule has 0 heterocycles. The number of nitrogens with one attached hydrogen (secondary N) is 5. The molecular formula is C46H46N6O12. The number of carboxylic acid groups (broad SMARTS) is 1. The number of carboxylic acids is 1. The van der Waals surface area contributed by atoms with Crippen molar-refractivity contribution in [3.63, 3.8) is 0 Å². The molecule has 64 heavy (non-hydrogen) atoms. The fourth-order valence-corrected chi connectivity index (χ4v) is 6.25. The van der Waals surface area contributed by atoms with Gasteiger partial charge in [-0.25, -0.2) is 4.79 Å². The maximum atomic E-state index is 13.5. The molecule has 5 aromatic carbocycles. The van der Waals surface area contributed by atoms with Gasteiger partial charge in [0.15, 0.2) is 23.0 Å². The lowest BCUT2D eigenvalue weighted by Gasteiger charge is -2.19. The van der Waals surface area contributed by atoms with Gasteiger partial charge < -0.3 is 62.2 Å². The number of amides is 5. The zero-order valence-electron chi connectivity index (χ0n) is 34.9. The molecule has 18 heteroatoms. The molecule has 1 unspecified atom stereocenters. The number of phenols is 3. The van der Waals surface area contributed by atoms with Crippen LogP contribution in [-0.2, 0) is 9.59 Å². The summed E-state index contributed by atoms with van der Waals surface area (Å²) in [6.45, 7) is 2.04. The second kappa shape index (κ2) is 21.4. The van der Waals surface area contributed by atoms with Crippen molar-refractivity contribution in [1.29, 1.82) is 0 Å². The first-order chi connectivity index (χ1) is 30.6. The number of hydrogen-bond acceptors (Lipinski definition) is 12. The molecule has 18 nitrogen and oxygen atoms in total. The fraction of sp³-hybridized carbons (Fsp3) is 0.174. The number of aromatic carboxylic acids is 1. The average molecular weight is 875 g/mol. The molecule has 0 aliphatic carbocycles. The van der Waals surface area contributed by atoms with Crippen LogP contribution in [0.3, 0.4) is 0 Å². The summed E-state index contributed by atoms with van der Waals surface area (Å²) in [5.74, 6) is -6.14. The van der Waals surface area contributed by atoms with Gasteiger partial charge in [-0.05, 0) is 129 Å². The van der Waals surface area contributed by atoms with Gasteiger partial charge in [0.05, 0.1) is 31.2 Å². The Morgan fingerprint density at radius 2 is 1.14 bits per heavy atom. The number of methoxy groups -OCH3 is 2. The van der Waals surface area contributed by atoms with Crippen molar-refractivity contribution in [2.45, 2.75) is 32.2 Å². The summed E-state index contributed by atoms with van der Waals surface area (Å²) in [6.07, 6.45) is 3.11. The first kappa shape index (κ1) is 46.7. The van der Waals surface area contributed by atoms with E-state index in [-0.39, 0.29) is 57.6 Å². The van der Waals surface area contributed by atoms with E-state index in [2.05, 4.69) is 26.6 Å². The van der Waals surface area contributed by atoms with E-state index in [1.165, 1.54) is 80.9 Å². The highest BCUT2D eigenvalue weighted by atomic mass is 16.5. The highest BCUT2D eigenvalue weighted by molar-refractivity contribution is 6.11. The summed E-state index contributed by atoms with van der Waals surface area (Å²) in [4.78, 5) is 77.3. The van der Waals surface area contributed by atoms with Crippen molar-refractivity contribution in [3.05, 3.63) is 130 Å². The van der Waals surface area contributed by atoms with E-state index in [4.69, 9.17) is 15.2 Å². The summed E-state index contributed by atoms with van der Waals surface area (Å²) >= 11 is 0. The van der Waals surface area contributed by atoms with Crippen LogP contribution in [0.4, 0.5) is 22.7 Å². The normalized spacial score (nSPS) is 11.4. The zero-order valence-corrected chi connectivity index (χ0v) is 34.9. The van der Waals surface area contributed by atoms with Gasteiger partial charge >= 0.3 is 5.97 Å². The third-order valence-corrected chi connectivity index (χ3v) is 9.67. The summed E-state index contributed by atoms with van der Waals surface area (Å²) in [5, 5.41) is 53.4. The minimum atomic E-state index is -1.42. The summed E-state index contributed by atoms with van der Waals surface area (Å²) in [6, 6.07) is 22.2. The van der Waals surface area contributed by atoms with Gasteiger partial charge in [-0.2, -0.15) is 0 Å². The first-order valence-electron chi connectivity index (χ1n) is 19.6. The van der Waals surface area contributed by atoms with Gasteiger partial charge in [0.1, 0.15) is 17.4 Å². The number of carbonyl (C=O) groups excluding carboxylic acids is 5. The quantitative estimate of drug-likeness (QED) is 0.0361. The van der Waals surface area contributed by atoms with Crippen LogP contribution in [-0.4, -0.2) is 82.7 Å². The number of anilines is 4. The number of hydrogen-bond donors (Lipinski definition) is 10. The van der Waals surface area contributed by atoms with Crippen molar-refractivity contribution in [2.75, 3.05) is 42.0 Å². The van der Waals surface area contributed by atoms with Crippen LogP contribution in [0, 0.1) is 0 Å². The van der Waals surface area contributed by atoms with Crippen molar-refractivity contribution in [1.82, 2.24) is 5.32 Å². The lowest BCUT2D eigenvalue weighted by molar-refractivity contribution is -0.118. The predicted octanol–water partition coefficient (Wildman–Crippen LogP) is 5.93. The third kappa shape index (κ3) is 11.7. The van der Waals surface area contributed by atoms with Crippen molar-refractivity contribution in [3.8, 4) is 28.7 Å². The van der Waals surface area contributed by atoms with E-state index >= 15 is 0 Å². The number of carbonyl (C=O) groups is 6. The number of nitrogens with two attached hydrogens (primary N) is 1. The molecule has 5 rings (SSSR count). The van der Waals surface area contributed by atoms with E-state index < -0.39 is 52.7 Å². The standard InChI is InChI=1S/C46H46N6O12/c1-25(24-26-7-17-31(53)18-8-26)41(56)48-29-13-9-28(10-14-29)43(58)52-36(6-4-5-23-47)45(60)49-30-15-11-27(12-16-30)42(57)50-34-21-19-32(37(54)39(34)63-2)44(59)51-35-22-20-33(46(61)62)38(55)40(35)64-3/h7-22,24,36,53-55H,4-6,23,47H2,1-3H3,(H,48,56)(H,49,60)(H,50,57)(H,51,59)(H,52,58)(H,61,62). The Kier molecular flexibility index (Phi) is 15.6. The predicted molar refractivity (Wildman–Crippen MR) is 238 cm³/mol. The highest BCUT2D eigenvalue weighted by Gasteiger charge is 2.25. The van der Waals surface area contributed by atoms with Crippen LogP contribution in [0.2, 0.25) is 0 Å². The Morgan fingerprint density at radius 3 is 1.69 bits per heavy atom. The monoisotopic (exact) mass is 874 g/mol. The Morgan fingerprint density at radius 1 is 0.625 bits per heavy atom. The van der Waals surface area contributed by atoms with Crippen LogP contribution < -0.4 is 41.8 Å². The van der Waals surface area contributed by atoms with Gasteiger partial charge in [-0.15, -0.1) is 0 Å². The van der Waals surface area contributed by atoms with E-state index in [1.54, 1.807) is 37.3 Å². The minimum absolute atomic E-state index is 0.00430. The molecule has 1 atom stereocenters. The smallest absolute Gasteiger partial charge is 0.339 e. The summed E-state index contributed by atoms with van der Waals surface area (Å²) in [7, 11) is 2.38. The molecule has 0 saturated carbocycles. The number of ether oxygens (including phenoxy) is 2. The Balaban J connectivity index is 1.20. The average Bonchev–Trinajstić information content (AvgIpc) is 3.27.